The zero-order valence-electron chi connectivity index (χ0n) is 17.0. The fourth-order valence-corrected chi connectivity index (χ4v) is 4.76. The highest BCUT2D eigenvalue weighted by atomic mass is 19.1. The van der Waals surface area contributed by atoms with Crippen molar-refractivity contribution in [2.45, 2.75) is 43.7 Å². The Morgan fingerprint density at radius 1 is 1.26 bits per heavy atom. The summed E-state index contributed by atoms with van der Waals surface area (Å²) >= 11 is 0. The predicted octanol–water partition coefficient (Wildman–Crippen LogP) is 3.86. The normalized spacial score (nSPS) is 29.8. The van der Waals surface area contributed by atoms with Crippen molar-refractivity contribution in [1.82, 2.24) is 25.1 Å². The lowest BCUT2D eigenvalue weighted by Gasteiger charge is -2.39. The van der Waals surface area contributed by atoms with Crippen LogP contribution in [0.3, 0.4) is 0 Å². The van der Waals surface area contributed by atoms with Crippen LogP contribution in [0.5, 0.6) is 5.75 Å². The second-order valence-electron chi connectivity index (χ2n) is 8.63. The number of phenols is 1. The maximum atomic E-state index is 15.0. The van der Waals surface area contributed by atoms with Gasteiger partial charge in [-0.25, -0.2) is 13.8 Å². The van der Waals surface area contributed by atoms with Crippen LogP contribution in [0.2, 0.25) is 0 Å². The number of phenolic OH excluding ortho intramolecular Hbond substituents is 1. The fraction of sp³-hybridized carbons (Fsp3) is 0.348. The summed E-state index contributed by atoms with van der Waals surface area (Å²) in [6.45, 7) is 5.86. The molecule has 2 aliphatic rings. The molecule has 2 saturated heterocycles. The van der Waals surface area contributed by atoms with Crippen LogP contribution in [0, 0.1) is 5.92 Å². The van der Waals surface area contributed by atoms with E-state index in [9.17, 15) is 13.9 Å². The molecule has 1 aromatic carbocycles. The van der Waals surface area contributed by atoms with Gasteiger partial charge in [-0.2, -0.15) is 5.10 Å². The minimum atomic E-state index is -1.22. The van der Waals surface area contributed by atoms with Gasteiger partial charge in [-0.15, -0.1) is 5.10 Å². The highest BCUT2D eigenvalue weighted by Gasteiger charge is 2.54. The van der Waals surface area contributed by atoms with Crippen LogP contribution >= 0.6 is 0 Å². The van der Waals surface area contributed by atoms with E-state index in [-0.39, 0.29) is 12.2 Å². The van der Waals surface area contributed by atoms with Gasteiger partial charge in [-0.05, 0) is 49.6 Å². The standard InChI is InChI=1S/C23H23F2N5O/c1-13(16-11-23(2)21(24)10-19(27-23)22(16)25)17-5-6-18(29-28-17)15-4-3-14(9-20(15)31)30-8-7-26-12-30/h3-9,12,16,19,21-22,27,31H,1,10-11H2,2H3/t16-,19?,21-,22-,23-/m0/s1. The molecule has 8 heteroatoms. The van der Waals surface area contributed by atoms with Gasteiger partial charge in [-0.3, -0.25) is 0 Å². The molecule has 5 atom stereocenters. The number of alkyl halides is 2. The zero-order valence-corrected chi connectivity index (χ0v) is 17.0. The first kappa shape index (κ1) is 19.8. The molecule has 6 nitrogen and oxygen atoms in total. The Morgan fingerprint density at radius 2 is 2.10 bits per heavy atom. The lowest BCUT2D eigenvalue weighted by atomic mass is 9.78. The van der Waals surface area contributed by atoms with Crippen LogP contribution in [0.4, 0.5) is 8.78 Å². The van der Waals surface area contributed by atoms with Crippen LogP contribution in [0.15, 0.2) is 55.6 Å². The van der Waals surface area contributed by atoms with Crippen LogP contribution in [0.25, 0.3) is 22.5 Å². The molecule has 2 fully saturated rings. The summed E-state index contributed by atoms with van der Waals surface area (Å²) in [5, 5.41) is 22.0. The number of fused-ring (bicyclic) bond motifs is 2. The molecule has 0 radical (unpaired) electrons. The molecule has 5 rings (SSSR count). The second-order valence-corrected chi connectivity index (χ2v) is 8.63. The number of hydrogen-bond acceptors (Lipinski definition) is 5. The summed E-state index contributed by atoms with van der Waals surface area (Å²) < 4.78 is 31.1. The van der Waals surface area contributed by atoms with E-state index in [1.807, 2.05) is 6.07 Å². The highest BCUT2D eigenvalue weighted by molar-refractivity contribution is 5.70. The zero-order chi connectivity index (χ0) is 21.8. The number of aromatic nitrogens is 4. The summed E-state index contributed by atoms with van der Waals surface area (Å²) in [6, 6.07) is 8.17. The summed E-state index contributed by atoms with van der Waals surface area (Å²) in [4.78, 5) is 4.00. The second kappa shape index (κ2) is 7.23. The lowest BCUT2D eigenvalue weighted by Crippen LogP contribution is -2.55. The first-order chi connectivity index (χ1) is 14.9. The van der Waals surface area contributed by atoms with Crippen LogP contribution in [-0.2, 0) is 0 Å². The van der Waals surface area contributed by atoms with Crippen molar-refractivity contribution in [2.24, 2.45) is 5.92 Å². The molecule has 0 amide bonds. The Labute approximate surface area is 178 Å². The Hall–Kier alpha value is -3.13. The Morgan fingerprint density at radius 3 is 2.77 bits per heavy atom. The molecule has 0 aliphatic carbocycles. The largest absolute Gasteiger partial charge is 0.507 e. The molecule has 2 N–H and O–H groups in total. The number of halogens is 2. The molecule has 160 valence electrons. The van der Waals surface area contributed by atoms with E-state index in [1.54, 1.807) is 54.5 Å². The lowest BCUT2D eigenvalue weighted by molar-refractivity contribution is 0.117. The van der Waals surface area contributed by atoms with Gasteiger partial charge in [0.15, 0.2) is 0 Å². The number of rotatable bonds is 4. The average molecular weight is 423 g/mol. The first-order valence-corrected chi connectivity index (χ1v) is 10.3. The van der Waals surface area contributed by atoms with Gasteiger partial charge >= 0.3 is 0 Å². The molecule has 3 aromatic rings. The molecular formula is C23H23F2N5O. The molecule has 0 spiro atoms. The molecule has 2 bridgehead atoms. The van der Waals surface area contributed by atoms with E-state index in [0.29, 0.717) is 28.9 Å². The van der Waals surface area contributed by atoms with Crippen LogP contribution in [-0.4, -0.2) is 48.8 Å². The smallest absolute Gasteiger partial charge is 0.127 e. The van der Waals surface area contributed by atoms with Gasteiger partial charge in [-0.1, -0.05) is 6.58 Å². The molecule has 0 saturated carbocycles. The van der Waals surface area contributed by atoms with E-state index in [2.05, 4.69) is 27.1 Å². The Bertz CT molecular complexity index is 1120. The summed E-state index contributed by atoms with van der Waals surface area (Å²) in [5.74, 6) is -0.451. The van der Waals surface area contributed by atoms with Gasteiger partial charge in [0, 0.05) is 41.5 Å². The fourth-order valence-electron chi connectivity index (χ4n) is 4.76. The van der Waals surface area contributed by atoms with Gasteiger partial charge in [0.1, 0.15) is 18.1 Å². The number of aromatic hydroxyl groups is 1. The number of imidazole rings is 1. The maximum Gasteiger partial charge on any atom is 0.127 e. The van der Waals surface area contributed by atoms with Gasteiger partial charge < -0.3 is 15.0 Å². The average Bonchev–Trinajstić information content (AvgIpc) is 3.38. The van der Waals surface area contributed by atoms with Crippen molar-refractivity contribution in [1.29, 1.82) is 0 Å². The number of nitrogens with one attached hydrogen (secondary N) is 1. The number of nitrogens with zero attached hydrogens (tertiary/aromatic N) is 4. The van der Waals surface area contributed by atoms with E-state index in [4.69, 9.17) is 0 Å². The summed E-state index contributed by atoms with van der Waals surface area (Å²) in [5.41, 5.74) is 2.06. The van der Waals surface area contributed by atoms with Crippen LogP contribution in [0.1, 0.15) is 25.5 Å². The van der Waals surface area contributed by atoms with E-state index >= 15 is 0 Å². The van der Waals surface area contributed by atoms with E-state index < -0.39 is 29.8 Å². The van der Waals surface area contributed by atoms with Crippen molar-refractivity contribution in [3.63, 3.8) is 0 Å². The Kier molecular flexibility index (Phi) is 4.62. The minimum absolute atomic E-state index is 0.0627. The van der Waals surface area contributed by atoms with Crippen molar-refractivity contribution >= 4 is 5.57 Å². The van der Waals surface area contributed by atoms with E-state index in [0.717, 1.165) is 5.69 Å². The third-order valence-corrected chi connectivity index (χ3v) is 6.58. The molecule has 2 aromatic heterocycles. The predicted molar refractivity (Wildman–Crippen MR) is 113 cm³/mol. The Balaban J connectivity index is 1.37. The van der Waals surface area contributed by atoms with Gasteiger partial charge in [0.05, 0.1) is 23.4 Å². The molecular weight excluding hydrogens is 400 g/mol. The maximum absolute atomic E-state index is 15.0. The van der Waals surface area contributed by atoms with Crippen molar-refractivity contribution in [3.8, 4) is 22.7 Å². The van der Waals surface area contributed by atoms with Crippen LogP contribution < -0.4 is 5.32 Å². The monoisotopic (exact) mass is 423 g/mol. The summed E-state index contributed by atoms with van der Waals surface area (Å²) in [6.07, 6.45) is 3.30. The quantitative estimate of drug-likeness (QED) is 0.666. The summed E-state index contributed by atoms with van der Waals surface area (Å²) in [7, 11) is 0. The first-order valence-electron chi connectivity index (χ1n) is 10.3. The number of hydrogen-bond donors (Lipinski definition) is 2. The van der Waals surface area contributed by atoms with Crippen molar-refractivity contribution < 1.29 is 13.9 Å². The number of piperidine rings is 1. The third-order valence-electron chi connectivity index (χ3n) is 6.58. The third kappa shape index (κ3) is 3.31. The SMILES string of the molecule is C=C(c1ccc(-c2ccc(-n3ccnc3)cc2O)nn1)[C@@H]1C[C@]2(C)NC(C[C@@H]2F)[C@H]1F. The van der Waals surface area contributed by atoms with Crippen molar-refractivity contribution in [2.75, 3.05) is 0 Å². The highest BCUT2D eigenvalue weighted by Crippen LogP contribution is 2.45. The van der Waals surface area contributed by atoms with E-state index in [1.165, 1.54) is 0 Å². The minimum Gasteiger partial charge on any atom is -0.507 e. The van der Waals surface area contributed by atoms with Crippen molar-refractivity contribution in [3.05, 3.63) is 61.3 Å². The number of benzene rings is 1. The molecule has 31 heavy (non-hydrogen) atoms. The van der Waals surface area contributed by atoms with Gasteiger partial charge in [0.2, 0.25) is 0 Å². The molecule has 2 aliphatic heterocycles. The molecule has 4 heterocycles. The topological polar surface area (TPSA) is 75.9 Å². The number of allylic oxidation sites excluding steroid dienone is 1. The van der Waals surface area contributed by atoms with Gasteiger partial charge in [0.25, 0.3) is 0 Å². The molecule has 1 unspecified atom stereocenters.